The lowest BCUT2D eigenvalue weighted by Gasteiger charge is -2.39. The molecule has 0 bridgehead atoms. The fourth-order valence-corrected chi connectivity index (χ4v) is 4.67. The SMILES string of the molecule is C=C(CBr)[C@H](CCCCCCCCCCCCC)O[Si](C)(C)C(C)(C)C. The van der Waals surface area contributed by atoms with Crippen molar-refractivity contribution < 1.29 is 4.43 Å². The van der Waals surface area contributed by atoms with Gasteiger partial charge in [0.2, 0.25) is 0 Å². The second kappa shape index (κ2) is 14.4. The van der Waals surface area contributed by atoms with Crippen LogP contribution < -0.4 is 0 Å². The Kier molecular flexibility index (Phi) is 14.6. The van der Waals surface area contributed by atoms with Crippen molar-refractivity contribution in [1.82, 2.24) is 0 Å². The smallest absolute Gasteiger partial charge is 0.192 e. The van der Waals surface area contributed by atoms with E-state index in [2.05, 4.69) is 63.3 Å². The van der Waals surface area contributed by atoms with E-state index in [4.69, 9.17) is 4.43 Å². The van der Waals surface area contributed by atoms with Gasteiger partial charge in [0.15, 0.2) is 8.32 Å². The van der Waals surface area contributed by atoms with Gasteiger partial charge in [-0.3, -0.25) is 0 Å². The molecule has 0 aromatic carbocycles. The summed E-state index contributed by atoms with van der Waals surface area (Å²) in [5.41, 5.74) is 1.21. The molecule has 0 unspecified atom stereocenters. The van der Waals surface area contributed by atoms with Gasteiger partial charge in [-0.15, -0.1) is 0 Å². The number of halogens is 1. The van der Waals surface area contributed by atoms with Gasteiger partial charge >= 0.3 is 0 Å². The fraction of sp³-hybridized carbons (Fsp3) is 0.913. The summed E-state index contributed by atoms with van der Waals surface area (Å²) in [6, 6.07) is 0. The summed E-state index contributed by atoms with van der Waals surface area (Å²) in [5.74, 6) is 0. The zero-order valence-corrected chi connectivity index (χ0v) is 21.3. The summed E-state index contributed by atoms with van der Waals surface area (Å²) in [5, 5.41) is 1.11. The topological polar surface area (TPSA) is 9.23 Å². The summed E-state index contributed by atoms with van der Waals surface area (Å²) in [4.78, 5) is 0. The summed E-state index contributed by atoms with van der Waals surface area (Å²) in [6.45, 7) is 18.2. The maximum atomic E-state index is 6.66. The van der Waals surface area contributed by atoms with Gasteiger partial charge in [0.1, 0.15) is 0 Å². The molecule has 0 heterocycles. The lowest BCUT2D eigenvalue weighted by Crippen LogP contribution is -2.44. The van der Waals surface area contributed by atoms with E-state index in [1.165, 1.54) is 76.2 Å². The molecule has 156 valence electrons. The molecule has 0 spiro atoms. The van der Waals surface area contributed by atoms with Crippen LogP contribution in [0.5, 0.6) is 0 Å². The van der Waals surface area contributed by atoms with Crippen molar-refractivity contribution in [2.24, 2.45) is 0 Å². The predicted molar refractivity (Wildman–Crippen MR) is 126 cm³/mol. The highest BCUT2D eigenvalue weighted by atomic mass is 79.9. The van der Waals surface area contributed by atoms with Gasteiger partial charge in [0.05, 0.1) is 6.10 Å². The van der Waals surface area contributed by atoms with Crippen molar-refractivity contribution in [2.75, 3.05) is 5.33 Å². The van der Waals surface area contributed by atoms with E-state index in [1.807, 2.05) is 0 Å². The van der Waals surface area contributed by atoms with Crippen molar-refractivity contribution in [3.8, 4) is 0 Å². The summed E-state index contributed by atoms with van der Waals surface area (Å²) >= 11 is 3.58. The Balaban J connectivity index is 3.98. The van der Waals surface area contributed by atoms with Gasteiger partial charge in [-0.1, -0.05) is 121 Å². The van der Waals surface area contributed by atoms with Crippen LogP contribution >= 0.6 is 15.9 Å². The first-order chi connectivity index (χ1) is 12.2. The molecule has 3 heteroatoms. The molecule has 0 saturated carbocycles. The standard InChI is InChI=1S/C23H47BrOSi/c1-8-9-10-11-12-13-14-15-16-17-18-19-22(21(2)20-24)25-26(6,7)23(3,4)5/h22H,2,8-20H2,1,3-7H3/t22-/m0/s1. The molecule has 26 heavy (non-hydrogen) atoms. The first-order valence-electron chi connectivity index (χ1n) is 11.1. The predicted octanol–water partition coefficient (Wildman–Crippen LogP) is 9.03. The average Bonchev–Trinajstić information content (AvgIpc) is 2.56. The third-order valence-electron chi connectivity index (χ3n) is 5.94. The quantitative estimate of drug-likeness (QED) is 0.0992. The highest BCUT2D eigenvalue weighted by Crippen LogP contribution is 2.38. The van der Waals surface area contributed by atoms with Crippen LogP contribution in [0.2, 0.25) is 18.1 Å². The van der Waals surface area contributed by atoms with Crippen molar-refractivity contribution in [1.29, 1.82) is 0 Å². The third kappa shape index (κ3) is 12.0. The summed E-state index contributed by atoms with van der Waals surface area (Å²) < 4.78 is 6.66. The van der Waals surface area contributed by atoms with E-state index < -0.39 is 8.32 Å². The molecule has 0 rings (SSSR count). The molecule has 0 N–H and O–H groups in total. The highest BCUT2D eigenvalue weighted by molar-refractivity contribution is 9.09. The number of hydrogen-bond acceptors (Lipinski definition) is 1. The Morgan fingerprint density at radius 1 is 0.885 bits per heavy atom. The number of alkyl halides is 1. The van der Waals surface area contributed by atoms with E-state index in [0.29, 0.717) is 0 Å². The zero-order chi connectivity index (χ0) is 20.1. The van der Waals surface area contributed by atoms with Crippen LogP contribution in [0, 0.1) is 0 Å². The van der Waals surface area contributed by atoms with Crippen LogP contribution in [-0.4, -0.2) is 19.8 Å². The summed E-state index contributed by atoms with van der Waals surface area (Å²) in [6.07, 6.45) is 16.7. The molecule has 1 nitrogen and oxygen atoms in total. The van der Waals surface area contributed by atoms with Crippen LogP contribution in [-0.2, 0) is 4.43 Å². The lowest BCUT2D eigenvalue weighted by molar-refractivity contribution is 0.201. The Labute approximate surface area is 175 Å². The molecule has 0 radical (unpaired) electrons. The monoisotopic (exact) mass is 446 g/mol. The van der Waals surface area contributed by atoms with Crippen molar-refractivity contribution in [3.05, 3.63) is 12.2 Å². The number of rotatable bonds is 16. The molecule has 0 aliphatic rings. The van der Waals surface area contributed by atoms with E-state index in [1.54, 1.807) is 0 Å². The van der Waals surface area contributed by atoms with E-state index >= 15 is 0 Å². The van der Waals surface area contributed by atoms with Gasteiger partial charge in [0.25, 0.3) is 0 Å². The maximum absolute atomic E-state index is 6.66. The largest absolute Gasteiger partial charge is 0.410 e. The van der Waals surface area contributed by atoms with Gasteiger partial charge < -0.3 is 4.43 Å². The minimum absolute atomic E-state index is 0.230. The molecule has 0 aromatic heterocycles. The molecule has 0 fully saturated rings. The van der Waals surface area contributed by atoms with Crippen LogP contribution in [0.15, 0.2) is 12.2 Å². The first-order valence-corrected chi connectivity index (χ1v) is 15.1. The van der Waals surface area contributed by atoms with E-state index in [9.17, 15) is 0 Å². The molecular formula is C23H47BrOSi. The average molecular weight is 448 g/mol. The highest BCUT2D eigenvalue weighted by Gasteiger charge is 2.39. The van der Waals surface area contributed by atoms with Crippen LogP contribution in [0.3, 0.4) is 0 Å². The van der Waals surface area contributed by atoms with Gasteiger partial charge in [0, 0.05) is 5.33 Å². The maximum Gasteiger partial charge on any atom is 0.192 e. The van der Waals surface area contributed by atoms with Crippen molar-refractivity contribution in [3.63, 3.8) is 0 Å². The number of hydrogen-bond donors (Lipinski definition) is 0. The second-order valence-electron chi connectivity index (χ2n) is 9.48. The third-order valence-corrected chi connectivity index (χ3v) is 11.1. The van der Waals surface area contributed by atoms with Crippen molar-refractivity contribution >= 4 is 24.2 Å². The Hall–Kier alpha value is 0.397. The Bertz CT molecular complexity index is 360. The van der Waals surface area contributed by atoms with Gasteiger partial charge in [-0.05, 0) is 30.1 Å². The Morgan fingerprint density at radius 2 is 1.31 bits per heavy atom. The molecular weight excluding hydrogens is 400 g/mol. The minimum Gasteiger partial charge on any atom is -0.410 e. The molecule has 0 saturated heterocycles. The zero-order valence-electron chi connectivity index (χ0n) is 18.8. The van der Waals surface area contributed by atoms with Crippen LogP contribution in [0.4, 0.5) is 0 Å². The fourth-order valence-electron chi connectivity index (χ4n) is 2.96. The number of unbranched alkanes of at least 4 members (excludes halogenated alkanes) is 10. The normalized spacial score (nSPS) is 13.8. The first kappa shape index (κ1) is 26.4. The summed E-state index contributed by atoms with van der Waals surface area (Å²) in [7, 11) is -1.73. The molecule has 0 aliphatic carbocycles. The van der Waals surface area contributed by atoms with Gasteiger partial charge in [-0.25, -0.2) is 0 Å². The van der Waals surface area contributed by atoms with Crippen LogP contribution in [0.25, 0.3) is 0 Å². The molecule has 0 aliphatic heterocycles. The molecule has 0 amide bonds. The van der Waals surface area contributed by atoms with E-state index in [0.717, 1.165) is 11.8 Å². The molecule has 0 aromatic rings. The minimum atomic E-state index is -1.73. The second-order valence-corrected chi connectivity index (χ2v) is 14.8. The van der Waals surface area contributed by atoms with Crippen molar-refractivity contribution in [2.45, 2.75) is 129 Å². The lowest BCUT2D eigenvalue weighted by atomic mass is 10.0. The molecule has 1 atom stereocenters. The Morgan fingerprint density at radius 3 is 1.69 bits per heavy atom. The van der Waals surface area contributed by atoms with Gasteiger partial charge in [-0.2, -0.15) is 0 Å². The van der Waals surface area contributed by atoms with E-state index in [-0.39, 0.29) is 11.1 Å². The van der Waals surface area contributed by atoms with Crippen LogP contribution in [0.1, 0.15) is 105 Å².